The fraction of sp³-hybridized carbons (Fsp3) is 0.474. The quantitative estimate of drug-likeness (QED) is 0.452. The van der Waals surface area contributed by atoms with E-state index in [-0.39, 0.29) is 30.3 Å². The summed E-state index contributed by atoms with van der Waals surface area (Å²) in [4.78, 5) is 14.2. The lowest BCUT2D eigenvalue weighted by Crippen LogP contribution is -2.43. The summed E-state index contributed by atoms with van der Waals surface area (Å²) in [7, 11) is 0. The highest BCUT2D eigenvalue weighted by molar-refractivity contribution is 5.92. The summed E-state index contributed by atoms with van der Waals surface area (Å²) in [5, 5.41) is 8.83. The molecule has 1 aliphatic rings. The molecule has 2 rings (SSSR count). The summed E-state index contributed by atoms with van der Waals surface area (Å²) in [6.45, 7) is -5.07. The predicted molar refractivity (Wildman–Crippen MR) is 94.5 cm³/mol. The first-order valence-corrected chi connectivity index (χ1v) is 8.87. The fourth-order valence-corrected chi connectivity index (χ4v) is 2.92. The number of hydrogen-bond donors (Lipinski definition) is 0. The number of alkyl halides is 4. The van der Waals surface area contributed by atoms with Gasteiger partial charge in [0.15, 0.2) is 0 Å². The van der Waals surface area contributed by atoms with E-state index in [2.05, 4.69) is 9.47 Å². The Hall–Kier alpha value is -2.80. The summed E-state index contributed by atoms with van der Waals surface area (Å²) in [5.41, 5.74) is 0.0903. The molecule has 0 radical (unpaired) electrons. The van der Waals surface area contributed by atoms with Crippen molar-refractivity contribution in [3.63, 3.8) is 0 Å². The molecule has 0 saturated carbocycles. The van der Waals surface area contributed by atoms with Crippen molar-refractivity contribution in [2.45, 2.75) is 38.5 Å². The van der Waals surface area contributed by atoms with Crippen molar-refractivity contribution in [3.8, 4) is 17.6 Å². The van der Waals surface area contributed by atoms with Gasteiger partial charge in [0.2, 0.25) is 5.91 Å². The highest BCUT2D eigenvalue weighted by Crippen LogP contribution is 2.28. The molecule has 0 atom stereocenters. The van der Waals surface area contributed by atoms with Crippen LogP contribution in [-0.4, -0.2) is 49.8 Å². The molecule has 0 unspecified atom stereocenters. The average molecular weight is 416 g/mol. The predicted octanol–water partition coefficient (Wildman–Crippen LogP) is 3.82. The number of hydrogen-bond acceptors (Lipinski definition) is 5. The van der Waals surface area contributed by atoms with Crippen LogP contribution in [0.5, 0.6) is 11.5 Å². The average Bonchev–Trinajstić information content (AvgIpc) is 2.67. The number of rotatable bonds is 9. The van der Waals surface area contributed by atoms with Crippen LogP contribution in [-0.2, 0) is 9.53 Å². The van der Waals surface area contributed by atoms with Crippen LogP contribution in [0.3, 0.4) is 0 Å². The Bertz CT molecular complexity index is 746. The van der Waals surface area contributed by atoms with Crippen molar-refractivity contribution < 1.29 is 36.6 Å². The molecule has 10 heteroatoms. The first-order valence-electron chi connectivity index (χ1n) is 8.87. The molecule has 1 aromatic rings. The topological polar surface area (TPSA) is 71.8 Å². The highest BCUT2D eigenvalue weighted by Gasteiger charge is 2.24. The van der Waals surface area contributed by atoms with Crippen LogP contribution in [0, 0.1) is 11.3 Å². The Morgan fingerprint density at radius 2 is 1.93 bits per heavy atom. The zero-order chi connectivity index (χ0) is 21.2. The van der Waals surface area contributed by atoms with E-state index in [4.69, 9.17) is 10.00 Å². The molecule has 0 spiro atoms. The van der Waals surface area contributed by atoms with Gasteiger partial charge >= 0.3 is 13.2 Å². The van der Waals surface area contributed by atoms with Crippen LogP contribution in [0.2, 0.25) is 0 Å². The molecule has 1 aliphatic heterocycles. The first kappa shape index (κ1) is 22.5. The van der Waals surface area contributed by atoms with E-state index < -0.39 is 24.9 Å². The van der Waals surface area contributed by atoms with E-state index in [1.807, 2.05) is 6.07 Å². The maximum Gasteiger partial charge on any atom is 0.387 e. The molecule has 0 aromatic heterocycles. The standard InChI is InChI=1S/C19H20F4N2O4/c20-18(21)28-15-4-2-13(16(12-15)29-19(22)23)3-5-17(26)25(9-1-8-24)14-6-10-27-11-7-14/h2-5,12,14,18-19H,1,6-7,9-11H2/b5-3+. The molecule has 1 heterocycles. The van der Waals surface area contributed by atoms with E-state index in [9.17, 15) is 22.4 Å². The van der Waals surface area contributed by atoms with Gasteiger partial charge in [0.25, 0.3) is 0 Å². The van der Waals surface area contributed by atoms with Crippen LogP contribution in [0.25, 0.3) is 6.08 Å². The third kappa shape index (κ3) is 7.27. The van der Waals surface area contributed by atoms with Crippen molar-refractivity contribution in [2.24, 2.45) is 0 Å². The number of halogens is 4. The van der Waals surface area contributed by atoms with E-state index in [0.29, 0.717) is 26.1 Å². The first-order chi connectivity index (χ1) is 13.9. The van der Waals surface area contributed by atoms with Crippen molar-refractivity contribution in [1.82, 2.24) is 4.90 Å². The Morgan fingerprint density at radius 3 is 2.55 bits per heavy atom. The van der Waals surface area contributed by atoms with Crippen LogP contribution < -0.4 is 9.47 Å². The van der Waals surface area contributed by atoms with E-state index in [1.54, 1.807) is 4.90 Å². The number of amides is 1. The highest BCUT2D eigenvalue weighted by atomic mass is 19.3. The molecule has 1 aromatic carbocycles. The SMILES string of the molecule is N#CCCN(C(=O)/C=C/c1ccc(OC(F)F)cc1OC(F)F)C1CCOCC1. The Balaban J connectivity index is 2.19. The second-order valence-corrected chi connectivity index (χ2v) is 6.07. The lowest BCUT2D eigenvalue weighted by atomic mass is 10.1. The fourth-order valence-electron chi connectivity index (χ4n) is 2.92. The number of nitriles is 1. The third-order valence-electron chi connectivity index (χ3n) is 4.21. The van der Waals surface area contributed by atoms with Crippen molar-refractivity contribution in [3.05, 3.63) is 29.8 Å². The number of benzene rings is 1. The van der Waals surface area contributed by atoms with E-state index >= 15 is 0 Å². The van der Waals surface area contributed by atoms with Gasteiger partial charge in [-0.05, 0) is 31.1 Å². The summed E-state index contributed by atoms with van der Waals surface area (Å²) < 4.78 is 63.8. The maximum absolute atomic E-state index is 12.7. The van der Waals surface area contributed by atoms with Gasteiger partial charge in [-0.2, -0.15) is 22.8 Å². The number of carbonyl (C=O) groups excluding carboxylic acids is 1. The molecule has 1 amide bonds. The molecule has 0 N–H and O–H groups in total. The minimum Gasteiger partial charge on any atom is -0.435 e. The second-order valence-electron chi connectivity index (χ2n) is 6.07. The van der Waals surface area contributed by atoms with Gasteiger partial charge in [-0.15, -0.1) is 0 Å². The lowest BCUT2D eigenvalue weighted by molar-refractivity contribution is -0.130. The minimum absolute atomic E-state index is 0.0900. The van der Waals surface area contributed by atoms with E-state index in [0.717, 1.165) is 12.1 Å². The van der Waals surface area contributed by atoms with Gasteiger partial charge < -0.3 is 19.1 Å². The van der Waals surface area contributed by atoms with Gasteiger partial charge in [0.05, 0.1) is 12.5 Å². The van der Waals surface area contributed by atoms with Crippen molar-refractivity contribution >= 4 is 12.0 Å². The van der Waals surface area contributed by atoms with Crippen LogP contribution >= 0.6 is 0 Å². The monoisotopic (exact) mass is 416 g/mol. The summed E-state index contributed by atoms with van der Waals surface area (Å²) in [5.74, 6) is -1.16. The Morgan fingerprint density at radius 1 is 1.24 bits per heavy atom. The maximum atomic E-state index is 12.7. The zero-order valence-electron chi connectivity index (χ0n) is 15.4. The molecule has 29 heavy (non-hydrogen) atoms. The van der Waals surface area contributed by atoms with Gasteiger partial charge in [-0.1, -0.05) is 0 Å². The molecule has 1 fully saturated rings. The zero-order valence-corrected chi connectivity index (χ0v) is 15.4. The Labute approximate surface area is 165 Å². The Kier molecular flexibility index (Phi) is 8.73. The molecule has 0 bridgehead atoms. The van der Waals surface area contributed by atoms with Crippen LogP contribution in [0.15, 0.2) is 24.3 Å². The smallest absolute Gasteiger partial charge is 0.387 e. The summed E-state index contributed by atoms with van der Waals surface area (Å²) >= 11 is 0. The molecular weight excluding hydrogens is 396 g/mol. The molecule has 1 saturated heterocycles. The van der Waals surface area contributed by atoms with Crippen LogP contribution in [0.4, 0.5) is 17.6 Å². The summed E-state index contributed by atoms with van der Waals surface area (Å²) in [6, 6.07) is 5.18. The van der Waals surface area contributed by atoms with Crippen LogP contribution in [0.1, 0.15) is 24.8 Å². The van der Waals surface area contributed by atoms with Crippen molar-refractivity contribution in [1.29, 1.82) is 5.26 Å². The number of ether oxygens (including phenoxy) is 3. The third-order valence-corrected chi connectivity index (χ3v) is 4.21. The molecular formula is C19H20F4N2O4. The molecule has 6 nitrogen and oxygen atoms in total. The minimum atomic E-state index is -3.19. The number of nitrogens with zero attached hydrogens (tertiary/aromatic N) is 2. The van der Waals surface area contributed by atoms with Gasteiger partial charge in [0, 0.05) is 43.5 Å². The molecule has 0 aliphatic carbocycles. The lowest BCUT2D eigenvalue weighted by Gasteiger charge is -2.33. The normalized spacial score (nSPS) is 14.9. The summed E-state index contributed by atoms with van der Waals surface area (Å²) in [6.07, 6.45) is 3.84. The van der Waals surface area contributed by atoms with Gasteiger partial charge in [-0.3, -0.25) is 4.79 Å². The largest absolute Gasteiger partial charge is 0.435 e. The second kappa shape index (κ2) is 11.3. The number of carbonyl (C=O) groups is 1. The van der Waals surface area contributed by atoms with Crippen molar-refractivity contribution in [2.75, 3.05) is 19.8 Å². The molecule has 158 valence electrons. The van der Waals surface area contributed by atoms with E-state index in [1.165, 1.54) is 18.2 Å². The van der Waals surface area contributed by atoms with Gasteiger partial charge in [0.1, 0.15) is 11.5 Å². The van der Waals surface area contributed by atoms with Gasteiger partial charge in [-0.25, -0.2) is 0 Å².